The molecule has 0 fully saturated rings. The summed E-state index contributed by atoms with van der Waals surface area (Å²) in [6.07, 6.45) is 12.4. The van der Waals surface area contributed by atoms with Crippen molar-refractivity contribution in [3.05, 3.63) is 47.8 Å². The zero-order valence-electron chi connectivity index (χ0n) is 13.5. The zero-order chi connectivity index (χ0) is 15.8. The van der Waals surface area contributed by atoms with Gasteiger partial charge >= 0.3 is 5.97 Å². The highest BCUT2D eigenvalue weighted by Gasteiger charge is 2.14. The van der Waals surface area contributed by atoms with E-state index < -0.39 is 0 Å². The zero-order valence-corrected chi connectivity index (χ0v) is 13.5. The number of hydrogen-bond donors (Lipinski definition) is 0. The Morgan fingerprint density at radius 3 is 2.86 bits per heavy atom. The molecule has 0 amide bonds. The molecule has 0 N–H and O–H groups in total. The lowest BCUT2D eigenvalue weighted by Gasteiger charge is -2.00. The molecule has 2 aromatic heterocycles. The summed E-state index contributed by atoms with van der Waals surface area (Å²) in [4.78, 5) is 12.1. The van der Waals surface area contributed by atoms with Gasteiger partial charge < -0.3 is 9.14 Å². The van der Waals surface area contributed by atoms with Gasteiger partial charge in [0.2, 0.25) is 0 Å². The van der Waals surface area contributed by atoms with E-state index in [-0.39, 0.29) is 5.97 Å². The Morgan fingerprint density at radius 2 is 2.09 bits per heavy atom. The lowest BCUT2D eigenvalue weighted by Crippen LogP contribution is -2.03. The molecule has 0 radical (unpaired) electrons. The lowest BCUT2D eigenvalue weighted by molar-refractivity contribution is 0.0529. The van der Waals surface area contributed by atoms with Crippen LogP contribution in [-0.2, 0) is 4.74 Å². The van der Waals surface area contributed by atoms with Gasteiger partial charge in [-0.3, -0.25) is 0 Å². The van der Waals surface area contributed by atoms with Gasteiger partial charge in [0.1, 0.15) is 0 Å². The van der Waals surface area contributed by atoms with Gasteiger partial charge in [0.25, 0.3) is 0 Å². The van der Waals surface area contributed by atoms with Crippen LogP contribution in [0.3, 0.4) is 0 Å². The fraction of sp³-hybridized carbons (Fsp3) is 0.421. The molecule has 0 unspecified atom stereocenters. The van der Waals surface area contributed by atoms with E-state index in [2.05, 4.69) is 19.1 Å². The molecule has 2 heterocycles. The van der Waals surface area contributed by atoms with Gasteiger partial charge in [-0.15, -0.1) is 0 Å². The van der Waals surface area contributed by atoms with Crippen LogP contribution in [0, 0.1) is 0 Å². The number of ether oxygens (including phenoxy) is 1. The van der Waals surface area contributed by atoms with E-state index in [4.69, 9.17) is 4.74 Å². The van der Waals surface area contributed by atoms with Crippen molar-refractivity contribution in [2.45, 2.75) is 46.0 Å². The summed E-state index contributed by atoms with van der Waals surface area (Å²) in [6.45, 7) is 4.44. The summed E-state index contributed by atoms with van der Waals surface area (Å²) in [7, 11) is 0. The number of carbonyl (C=O) groups is 1. The maximum Gasteiger partial charge on any atom is 0.340 e. The molecule has 0 saturated heterocycles. The molecule has 0 aromatic carbocycles. The van der Waals surface area contributed by atoms with Gasteiger partial charge in [-0.05, 0) is 44.0 Å². The fourth-order valence-electron chi connectivity index (χ4n) is 2.57. The third-order valence-electron chi connectivity index (χ3n) is 3.71. The summed E-state index contributed by atoms with van der Waals surface area (Å²) >= 11 is 0. The largest absolute Gasteiger partial charge is 0.462 e. The molecule has 3 nitrogen and oxygen atoms in total. The van der Waals surface area contributed by atoms with Crippen LogP contribution in [0.5, 0.6) is 0 Å². The van der Waals surface area contributed by atoms with Crippen LogP contribution in [0.15, 0.2) is 36.5 Å². The van der Waals surface area contributed by atoms with E-state index in [0.717, 1.165) is 17.6 Å². The number of allylic oxidation sites excluding steroid dienone is 1. The van der Waals surface area contributed by atoms with E-state index in [1.54, 1.807) is 0 Å². The smallest absolute Gasteiger partial charge is 0.340 e. The average Bonchev–Trinajstić information content (AvgIpc) is 2.90. The Kier molecular flexibility index (Phi) is 6.26. The van der Waals surface area contributed by atoms with Crippen LogP contribution in [0.25, 0.3) is 11.6 Å². The van der Waals surface area contributed by atoms with Gasteiger partial charge in [-0.2, -0.15) is 0 Å². The number of pyridine rings is 1. The molecular weight excluding hydrogens is 274 g/mol. The van der Waals surface area contributed by atoms with Crippen molar-refractivity contribution in [3.63, 3.8) is 0 Å². The molecule has 118 valence electrons. The number of esters is 1. The molecule has 22 heavy (non-hydrogen) atoms. The molecule has 2 rings (SSSR count). The number of fused-ring (bicyclic) bond motifs is 1. The first-order valence-electron chi connectivity index (χ1n) is 8.21. The first-order chi connectivity index (χ1) is 10.8. The minimum absolute atomic E-state index is 0.256. The van der Waals surface area contributed by atoms with Crippen molar-refractivity contribution < 1.29 is 9.53 Å². The molecular formula is C19H25NO2. The number of aromatic nitrogens is 1. The van der Waals surface area contributed by atoms with Crippen molar-refractivity contribution >= 4 is 17.6 Å². The predicted molar refractivity (Wildman–Crippen MR) is 91.1 cm³/mol. The summed E-state index contributed by atoms with van der Waals surface area (Å²) in [6, 6.07) is 7.78. The topological polar surface area (TPSA) is 30.7 Å². The number of unbranched alkanes of at least 4 members (excludes halogenated alkanes) is 4. The summed E-state index contributed by atoms with van der Waals surface area (Å²) in [5, 5.41) is 0. The molecule has 2 aromatic rings. The van der Waals surface area contributed by atoms with Crippen LogP contribution in [0.4, 0.5) is 0 Å². The quantitative estimate of drug-likeness (QED) is 0.501. The minimum atomic E-state index is -0.256. The highest BCUT2D eigenvalue weighted by Crippen LogP contribution is 2.19. The Labute approximate surface area is 132 Å². The standard InChI is InChI=1S/C19H25NO2/c1-3-5-6-7-8-9-12-16-15-17(19(21)22-4-2)18-13-10-11-14-20(16)18/h9-15H,3-8H2,1-2H3/b12-9+. The number of hydrogen-bond acceptors (Lipinski definition) is 2. The second-order valence-electron chi connectivity index (χ2n) is 5.41. The summed E-state index contributed by atoms with van der Waals surface area (Å²) < 4.78 is 7.18. The molecule has 3 heteroatoms. The maximum atomic E-state index is 12.1. The Bertz CT molecular complexity index is 640. The summed E-state index contributed by atoms with van der Waals surface area (Å²) in [5.74, 6) is -0.256. The van der Waals surface area contributed by atoms with Crippen LogP contribution in [-0.4, -0.2) is 17.0 Å². The third-order valence-corrected chi connectivity index (χ3v) is 3.71. The van der Waals surface area contributed by atoms with Crippen molar-refractivity contribution in [2.24, 2.45) is 0 Å². The maximum absolute atomic E-state index is 12.1. The molecule has 0 aliphatic heterocycles. The Hall–Kier alpha value is -2.03. The van der Waals surface area contributed by atoms with E-state index in [1.807, 2.05) is 41.8 Å². The summed E-state index contributed by atoms with van der Waals surface area (Å²) in [5.41, 5.74) is 2.55. The first kappa shape index (κ1) is 16.3. The van der Waals surface area contributed by atoms with Crippen molar-refractivity contribution in [1.29, 1.82) is 0 Å². The highest BCUT2D eigenvalue weighted by atomic mass is 16.5. The lowest BCUT2D eigenvalue weighted by atomic mass is 10.1. The van der Waals surface area contributed by atoms with E-state index in [1.165, 1.54) is 25.7 Å². The van der Waals surface area contributed by atoms with E-state index >= 15 is 0 Å². The minimum Gasteiger partial charge on any atom is -0.462 e. The highest BCUT2D eigenvalue weighted by molar-refractivity contribution is 5.98. The third kappa shape index (κ3) is 4.00. The van der Waals surface area contributed by atoms with Crippen LogP contribution in [0.1, 0.15) is 62.0 Å². The van der Waals surface area contributed by atoms with Crippen LogP contribution < -0.4 is 0 Å². The average molecular weight is 299 g/mol. The van der Waals surface area contributed by atoms with Gasteiger partial charge in [-0.25, -0.2) is 4.79 Å². The Balaban J connectivity index is 2.16. The molecule has 0 aliphatic carbocycles. The normalized spacial score (nSPS) is 11.4. The van der Waals surface area contributed by atoms with Crippen LogP contribution in [0.2, 0.25) is 0 Å². The van der Waals surface area contributed by atoms with Crippen molar-refractivity contribution in [1.82, 2.24) is 4.40 Å². The number of rotatable bonds is 8. The Morgan fingerprint density at radius 1 is 1.23 bits per heavy atom. The molecule has 0 saturated carbocycles. The van der Waals surface area contributed by atoms with Gasteiger partial charge in [0, 0.05) is 11.9 Å². The van der Waals surface area contributed by atoms with Gasteiger partial charge in [0.15, 0.2) is 0 Å². The molecule has 0 spiro atoms. The second kappa shape index (κ2) is 8.42. The first-order valence-corrected chi connectivity index (χ1v) is 8.21. The number of nitrogens with zero attached hydrogens (tertiary/aromatic N) is 1. The molecule has 0 atom stereocenters. The SMILES string of the molecule is CCCCCC/C=C/c1cc(C(=O)OCC)c2ccccn12. The van der Waals surface area contributed by atoms with Gasteiger partial charge in [-0.1, -0.05) is 38.3 Å². The van der Waals surface area contributed by atoms with Crippen molar-refractivity contribution in [2.75, 3.05) is 6.61 Å². The predicted octanol–water partition coefficient (Wildman–Crippen LogP) is 5.10. The monoisotopic (exact) mass is 299 g/mol. The molecule has 0 bridgehead atoms. The second-order valence-corrected chi connectivity index (χ2v) is 5.41. The van der Waals surface area contributed by atoms with Crippen molar-refractivity contribution in [3.8, 4) is 0 Å². The van der Waals surface area contributed by atoms with Crippen LogP contribution >= 0.6 is 0 Å². The fourth-order valence-corrected chi connectivity index (χ4v) is 2.57. The molecule has 0 aliphatic rings. The van der Waals surface area contributed by atoms with E-state index in [9.17, 15) is 4.79 Å². The van der Waals surface area contributed by atoms with Gasteiger partial charge in [0.05, 0.1) is 17.7 Å². The number of carbonyl (C=O) groups excluding carboxylic acids is 1. The van der Waals surface area contributed by atoms with E-state index in [0.29, 0.717) is 12.2 Å².